The number of carbonyl (C=O) groups excluding carboxylic acids is 1. The van der Waals surface area contributed by atoms with Crippen molar-refractivity contribution >= 4 is 11.6 Å². The number of nitrogens with zero attached hydrogens (tertiary/aromatic N) is 3. The van der Waals surface area contributed by atoms with E-state index in [0.717, 1.165) is 13.1 Å². The first-order valence-corrected chi connectivity index (χ1v) is 5.88. The van der Waals surface area contributed by atoms with Gasteiger partial charge in [0.15, 0.2) is 0 Å². The molecule has 3 heterocycles. The van der Waals surface area contributed by atoms with Crippen molar-refractivity contribution in [1.29, 1.82) is 0 Å². The number of carbonyl (C=O) groups is 1. The second kappa shape index (κ2) is 4.38. The van der Waals surface area contributed by atoms with E-state index in [1.807, 2.05) is 0 Å². The molecule has 0 aromatic carbocycles. The fraction of sp³-hybridized carbons (Fsp3) is 0.333. The lowest BCUT2D eigenvalue weighted by Gasteiger charge is -2.26. The van der Waals surface area contributed by atoms with Crippen molar-refractivity contribution < 1.29 is 9.18 Å². The molecule has 0 spiro atoms. The molecule has 94 valence electrons. The van der Waals surface area contributed by atoms with Crippen LogP contribution in [0, 0.1) is 5.82 Å². The highest BCUT2D eigenvalue weighted by molar-refractivity contribution is 5.93. The van der Waals surface area contributed by atoms with E-state index in [0.29, 0.717) is 24.4 Å². The maximum absolute atomic E-state index is 13.0. The molecule has 0 aliphatic carbocycles. The number of rotatable bonds is 1. The molecule has 1 N–H and O–H groups in total. The fourth-order valence-corrected chi connectivity index (χ4v) is 2.10. The van der Waals surface area contributed by atoms with Crippen LogP contribution in [-0.2, 0) is 0 Å². The largest absolute Gasteiger partial charge is 0.335 e. The number of fused-ring (bicyclic) bond motifs is 1. The van der Waals surface area contributed by atoms with Gasteiger partial charge in [0.25, 0.3) is 5.91 Å². The number of nitrogens with one attached hydrogen (secondary N) is 1. The lowest BCUT2D eigenvalue weighted by molar-refractivity contribution is 0.0730. The highest BCUT2D eigenvalue weighted by atomic mass is 19.1. The van der Waals surface area contributed by atoms with Crippen LogP contribution in [0.5, 0.6) is 0 Å². The molecule has 1 aliphatic heterocycles. The lowest BCUT2D eigenvalue weighted by Crippen LogP contribution is -2.46. The number of piperazine rings is 1. The van der Waals surface area contributed by atoms with Gasteiger partial charge >= 0.3 is 0 Å². The van der Waals surface area contributed by atoms with Gasteiger partial charge < -0.3 is 14.6 Å². The molecule has 18 heavy (non-hydrogen) atoms. The predicted molar refractivity (Wildman–Crippen MR) is 63.9 cm³/mol. The van der Waals surface area contributed by atoms with Gasteiger partial charge in [-0.3, -0.25) is 4.79 Å². The third-order valence-corrected chi connectivity index (χ3v) is 3.04. The SMILES string of the molecule is O=C(c1cn2cc(F)ccc2n1)N1CCNCC1. The maximum Gasteiger partial charge on any atom is 0.274 e. The zero-order chi connectivity index (χ0) is 12.5. The Labute approximate surface area is 103 Å². The highest BCUT2D eigenvalue weighted by Crippen LogP contribution is 2.09. The molecule has 1 aliphatic rings. The van der Waals surface area contributed by atoms with Crippen LogP contribution < -0.4 is 5.32 Å². The normalized spacial score (nSPS) is 16.2. The Bertz CT molecular complexity index is 589. The minimum absolute atomic E-state index is 0.0967. The molecule has 2 aromatic rings. The molecule has 0 saturated carbocycles. The molecule has 1 fully saturated rings. The zero-order valence-corrected chi connectivity index (χ0v) is 9.77. The number of hydrogen-bond acceptors (Lipinski definition) is 3. The molecule has 2 aromatic heterocycles. The van der Waals surface area contributed by atoms with Crippen LogP contribution >= 0.6 is 0 Å². The van der Waals surface area contributed by atoms with Crippen LogP contribution in [0.2, 0.25) is 0 Å². The van der Waals surface area contributed by atoms with Gasteiger partial charge in [0.2, 0.25) is 0 Å². The molecule has 0 atom stereocenters. The van der Waals surface area contributed by atoms with Gasteiger partial charge in [-0.15, -0.1) is 0 Å². The van der Waals surface area contributed by atoms with Gasteiger partial charge in [0.05, 0.1) is 0 Å². The van der Waals surface area contributed by atoms with Crippen molar-refractivity contribution in [1.82, 2.24) is 19.6 Å². The van der Waals surface area contributed by atoms with Gasteiger partial charge in [-0.2, -0.15) is 0 Å². The standard InChI is InChI=1S/C12H13FN4O/c13-9-1-2-11-15-10(8-17(11)7-9)12(18)16-5-3-14-4-6-16/h1-2,7-8,14H,3-6H2. The zero-order valence-electron chi connectivity index (χ0n) is 9.77. The molecule has 0 unspecified atom stereocenters. The summed E-state index contributed by atoms with van der Waals surface area (Å²) in [5.74, 6) is -0.443. The monoisotopic (exact) mass is 248 g/mol. The first-order valence-electron chi connectivity index (χ1n) is 5.88. The van der Waals surface area contributed by atoms with Crippen molar-refractivity contribution in [3.63, 3.8) is 0 Å². The second-order valence-electron chi connectivity index (χ2n) is 4.28. The molecule has 6 heteroatoms. The van der Waals surface area contributed by atoms with Crippen LogP contribution in [-0.4, -0.2) is 46.4 Å². The van der Waals surface area contributed by atoms with Crippen molar-refractivity contribution in [3.8, 4) is 0 Å². The third-order valence-electron chi connectivity index (χ3n) is 3.04. The summed E-state index contributed by atoms with van der Waals surface area (Å²) < 4.78 is 14.6. The highest BCUT2D eigenvalue weighted by Gasteiger charge is 2.20. The van der Waals surface area contributed by atoms with E-state index in [9.17, 15) is 9.18 Å². The predicted octanol–water partition coefficient (Wildman–Crippen LogP) is 0.519. The van der Waals surface area contributed by atoms with Crippen LogP contribution in [0.15, 0.2) is 24.5 Å². The average Bonchev–Trinajstić information content (AvgIpc) is 2.81. The van der Waals surface area contributed by atoms with Crippen molar-refractivity contribution in [2.45, 2.75) is 0 Å². The molecule has 0 radical (unpaired) electrons. The first-order chi connectivity index (χ1) is 8.74. The molecule has 0 bridgehead atoms. The molecule has 5 nitrogen and oxygen atoms in total. The van der Waals surface area contributed by atoms with Gasteiger partial charge in [-0.1, -0.05) is 0 Å². The Morgan fingerprint density at radius 1 is 1.28 bits per heavy atom. The smallest absolute Gasteiger partial charge is 0.274 e. The third kappa shape index (κ3) is 1.95. The van der Waals surface area contributed by atoms with Crippen LogP contribution in [0.25, 0.3) is 5.65 Å². The summed E-state index contributed by atoms with van der Waals surface area (Å²) in [7, 11) is 0. The van der Waals surface area contributed by atoms with E-state index in [-0.39, 0.29) is 11.7 Å². The Hall–Kier alpha value is -1.95. The lowest BCUT2D eigenvalue weighted by atomic mass is 10.3. The number of amides is 1. The van der Waals surface area contributed by atoms with Gasteiger partial charge in [0, 0.05) is 38.6 Å². The Balaban J connectivity index is 1.91. The maximum atomic E-state index is 13.0. The van der Waals surface area contributed by atoms with Crippen LogP contribution in [0.4, 0.5) is 4.39 Å². The van der Waals surface area contributed by atoms with E-state index < -0.39 is 0 Å². The minimum atomic E-state index is -0.346. The van der Waals surface area contributed by atoms with E-state index >= 15 is 0 Å². The number of aromatic nitrogens is 2. The summed E-state index contributed by atoms with van der Waals surface area (Å²) in [6, 6.07) is 2.89. The Morgan fingerprint density at radius 2 is 2.06 bits per heavy atom. The summed E-state index contributed by atoms with van der Waals surface area (Å²) in [5.41, 5.74) is 0.942. The summed E-state index contributed by atoms with van der Waals surface area (Å²) in [5, 5.41) is 3.19. The number of halogens is 1. The fourth-order valence-electron chi connectivity index (χ4n) is 2.10. The Morgan fingerprint density at radius 3 is 2.83 bits per heavy atom. The van der Waals surface area contributed by atoms with E-state index in [1.54, 1.807) is 17.2 Å². The van der Waals surface area contributed by atoms with Crippen molar-refractivity contribution in [2.75, 3.05) is 26.2 Å². The van der Waals surface area contributed by atoms with E-state index in [2.05, 4.69) is 10.3 Å². The van der Waals surface area contributed by atoms with Gasteiger partial charge in [-0.25, -0.2) is 9.37 Å². The van der Waals surface area contributed by atoms with Gasteiger partial charge in [0.1, 0.15) is 17.2 Å². The number of hydrogen-bond donors (Lipinski definition) is 1. The van der Waals surface area contributed by atoms with E-state index in [4.69, 9.17) is 0 Å². The van der Waals surface area contributed by atoms with Crippen LogP contribution in [0.3, 0.4) is 0 Å². The quantitative estimate of drug-likeness (QED) is 0.800. The summed E-state index contributed by atoms with van der Waals surface area (Å²) >= 11 is 0. The molecular weight excluding hydrogens is 235 g/mol. The summed E-state index contributed by atoms with van der Waals surface area (Å²) in [4.78, 5) is 18.2. The van der Waals surface area contributed by atoms with Crippen molar-refractivity contribution in [3.05, 3.63) is 36.0 Å². The first kappa shape index (κ1) is 11.2. The molecule has 1 amide bonds. The summed E-state index contributed by atoms with van der Waals surface area (Å²) in [6.45, 7) is 2.96. The topological polar surface area (TPSA) is 49.6 Å². The van der Waals surface area contributed by atoms with E-state index in [1.165, 1.54) is 16.7 Å². The van der Waals surface area contributed by atoms with Gasteiger partial charge in [-0.05, 0) is 12.1 Å². The molecule has 3 rings (SSSR count). The van der Waals surface area contributed by atoms with Crippen LogP contribution in [0.1, 0.15) is 10.5 Å². The number of imidazole rings is 1. The van der Waals surface area contributed by atoms with Crippen molar-refractivity contribution in [2.24, 2.45) is 0 Å². The average molecular weight is 248 g/mol. The molecule has 1 saturated heterocycles. The summed E-state index contributed by atoms with van der Waals surface area (Å²) in [6.07, 6.45) is 2.89. The minimum Gasteiger partial charge on any atom is -0.335 e. The Kier molecular flexibility index (Phi) is 2.71. The second-order valence-corrected chi connectivity index (χ2v) is 4.28. The number of pyridine rings is 1. The molecular formula is C12H13FN4O.